The summed E-state index contributed by atoms with van der Waals surface area (Å²) in [5, 5.41) is 7.04. The van der Waals surface area contributed by atoms with E-state index in [1.165, 1.54) is 0 Å². The first kappa shape index (κ1) is 11.2. The van der Waals surface area contributed by atoms with Gasteiger partial charge < -0.3 is 0 Å². The number of hydrogen-bond acceptors (Lipinski definition) is 4. The summed E-state index contributed by atoms with van der Waals surface area (Å²) in [6, 6.07) is 4.88. The van der Waals surface area contributed by atoms with E-state index in [2.05, 4.69) is 14.9 Å². The highest BCUT2D eigenvalue weighted by molar-refractivity contribution is 7.91. The summed E-state index contributed by atoms with van der Waals surface area (Å²) in [5.74, 6) is -0.599. The number of carbonyl (C=O) groups excluding carboxylic acids is 1. The normalized spacial score (nSPS) is 15.8. The number of hydrogen-bond donors (Lipinski definition) is 2. The number of benzene rings is 1. The Morgan fingerprint density at radius 1 is 1.39 bits per heavy atom. The van der Waals surface area contributed by atoms with Crippen LogP contribution in [0, 0.1) is 0 Å². The number of carbonyl (C=O) groups is 1. The van der Waals surface area contributed by atoms with E-state index in [4.69, 9.17) is 0 Å². The van der Waals surface area contributed by atoms with Crippen molar-refractivity contribution < 1.29 is 13.2 Å². The molecule has 1 heterocycles. The number of H-pyrrole nitrogens is 1. The largest absolute Gasteiger partial charge is 0.278 e. The van der Waals surface area contributed by atoms with Crippen molar-refractivity contribution in [2.24, 2.45) is 0 Å². The lowest BCUT2D eigenvalue weighted by atomic mass is 10.1. The molecule has 94 valence electrons. The molecule has 0 aliphatic heterocycles. The number of fused-ring (bicyclic) bond motifs is 1. The van der Waals surface area contributed by atoms with Crippen LogP contribution in [-0.2, 0) is 10.0 Å². The fourth-order valence-corrected chi connectivity index (χ4v) is 3.03. The Bertz CT molecular complexity index is 716. The molecule has 1 amide bonds. The molecule has 7 heteroatoms. The molecule has 0 unspecified atom stereocenters. The van der Waals surface area contributed by atoms with Crippen LogP contribution in [0.5, 0.6) is 0 Å². The Labute approximate surface area is 103 Å². The zero-order valence-electron chi connectivity index (χ0n) is 9.38. The minimum Gasteiger partial charge on any atom is -0.278 e. The van der Waals surface area contributed by atoms with Crippen molar-refractivity contribution in [2.45, 2.75) is 18.1 Å². The Kier molecular flexibility index (Phi) is 2.37. The first-order valence-electron chi connectivity index (χ1n) is 5.55. The minimum atomic E-state index is -3.50. The van der Waals surface area contributed by atoms with Crippen LogP contribution in [0.25, 0.3) is 10.9 Å². The monoisotopic (exact) mass is 265 g/mol. The molecule has 1 fully saturated rings. The van der Waals surface area contributed by atoms with Gasteiger partial charge in [0.25, 0.3) is 5.91 Å². The Morgan fingerprint density at radius 3 is 2.89 bits per heavy atom. The predicted molar refractivity (Wildman–Crippen MR) is 65.5 cm³/mol. The summed E-state index contributed by atoms with van der Waals surface area (Å²) < 4.78 is 25.4. The molecule has 1 aliphatic rings. The van der Waals surface area contributed by atoms with E-state index in [-0.39, 0.29) is 0 Å². The Balaban J connectivity index is 1.87. The van der Waals surface area contributed by atoms with Gasteiger partial charge in [-0.1, -0.05) is 6.07 Å². The molecule has 6 nitrogen and oxygen atoms in total. The van der Waals surface area contributed by atoms with Crippen LogP contribution in [-0.4, -0.2) is 29.8 Å². The van der Waals surface area contributed by atoms with Crippen molar-refractivity contribution in [2.75, 3.05) is 0 Å². The van der Waals surface area contributed by atoms with Crippen LogP contribution < -0.4 is 4.72 Å². The van der Waals surface area contributed by atoms with Crippen LogP contribution in [0.15, 0.2) is 24.4 Å². The molecule has 18 heavy (non-hydrogen) atoms. The lowest BCUT2D eigenvalue weighted by Crippen LogP contribution is -2.33. The van der Waals surface area contributed by atoms with Gasteiger partial charge in [0.05, 0.1) is 17.0 Å². The van der Waals surface area contributed by atoms with Gasteiger partial charge in [-0.2, -0.15) is 5.10 Å². The zero-order valence-corrected chi connectivity index (χ0v) is 10.2. The number of nitrogens with zero attached hydrogens (tertiary/aromatic N) is 1. The number of sulfonamides is 1. The highest BCUT2D eigenvalue weighted by atomic mass is 32.2. The molecule has 0 bridgehead atoms. The molecular weight excluding hydrogens is 254 g/mol. The second kappa shape index (κ2) is 3.81. The molecule has 2 aromatic rings. The third-order valence-corrected chi connectivity index (χ3v) is 4.72. The second-order valence-electron chi connectivity index (χ2n) is 4.35. The fourth-order valence-electron chi connectivity index (χ4n) is 1.73. The average molecular weight is 265 g/mol. The maximum atomic E-state index is 11.8. The third kappa shape index (κ3) is 1.97. The predicted octanol–water partition coefficient (Wildman–Crippen LogP) is 0.785. The summed E-state index contributed by atoms with van der Waals surface area (Å²) in [5.41, 5.74) is 1.00. The van der Waals surface area contributed by atoms with Gasteiger partial charge in [-0.15, -0.1) is 0 Å². The Hall–Kier alpha value is -1.89. The van der Waals surface area contributed by atoms with Gasteiger partial charge in [0.2, 0.25) is 10.0 Å². The zero-order chi connectivity index (χ0) is 12.8. The van der Waals surface area contributed by atoms with E-state index in [1.54, 1.807) is 24.4 Å². The molecule has 1 saturated carbocycles. The van der Waals surface area contributed by atoms with E-state index >= 15 is 0 Å². The molecule has 1 aromatic carbocycles. The Morgan fingerprint density at radius 2 is 2.17 bits per heavy atom. The topological polar surface area (TPSA) is 91.9 Å². The average Bonchev–Trinajstić information content (AvgIpc) is 3.08. The lowest BCUT2D eigenvalue weighted by Gasteiger charge is -2.05. The van der Waals surface area contributed by atoms with Crippen molar-refractivity contribution >= 4 is 26.8 Å². The van der Waals surface area contributed by atoms with Gasteiger partial charge in [-0.25, -0.2) is 13.1 Å². The van der Waals surface area contributed by atoms with Crippen LogP contribution in [0.1, 0.15) is 23.2 Å². The number of aromatic nitrogens is 2. The standard InChI is InChI=1S/C11H11N3O3S/c15-11(14-18(16,17)9-3-4-9)7-1-2-8-6-12-13-10(8)5-7/h1-2,5-6,9H,3-4H2,(H,12,13)(H,14,15). The lowest BCUT2D eigenvalue weighted by molar-refractivity contribution is 0.0981. The molecule has 0 radical (unpaired) electrons. The maximum Gasteiger partial charge on any atom is 0.264 e. The number of rotatable bonds is 3. The highest BCUT2D eigenvalue weighted by Gasteiger charge is 2.36. The van der Waals surface area contributed by atoms with Gasteiger partial charge >= 0.3 is 0 Å². The van der Waals surface area contributed by atoms with Gasteiger partial charge in [0.15, 0.2) is 0 Å². The van der Waals surface area contributed by atoms with E-state index in [9.17, 15) is 13.2 Å². The van der Waals surface area contributed by atoms with E-state index in [0.717, 1.165) is 5.39 Å². The van der Waals surface area contributed by atoms with E-state index < -0.39 is 21.2 Å². The maximum absolute atomic E-state index is 11.8. The van der Waals surface area contributed by atoms with Crippen molar-refractivity contribution in [1.82, 2.24) is 14.9 Å². The summed E-state index contributed by atoms with van der Waals surface area (Å²) in [6.07, 6.45) is 2.89. The van der Waals surface area contributed by atoms with Crippen LogP contribution >= 0.6 is 0 Å². The van der Waals surface area contributed by atoms with Crippen LogP contribution in [0.4, 0.5) is 0 Å². The van der Waals surface area contributed by atoms with Crippen molar-refractivity contribution in [3.63, 3.8) is 0 Å². The summed E-state index contributed by atoms with van der Waals surface area (Å²) in [7, 11) is -3.50. The van der Waals surface area contributed by atoms with Gasteiger partial charge in [-0.3, -0.25) is 9.89 Å². The summed E-state index contributed by atoms with van der Waals surface area (Å²) in [4.78, 5) is 11.8. The molecule has 0 saturated heterocycles. The smallest absolute Gasteiger partial charge is 0.264 e. The second-order valence-corrected chi connectivity index (χ2v) is 6.31. The molecule has 0 spiro atoms. The minimum absolute atomic E-state index is 0.302. The van der Waals surface area contributed by atoms with Crippen molar-refractivity contribution in [1.29, 1.82) is 0 Å². The summed E-state index contributed by atoms with van der Waals surface area (Å²) >= 11 is 0. The molecule has 3 rings (SSSR count). The molecule has 2 N–H and O–H groups in total. The van der Waals surface area contributed by atoms with E-state index in [0.29, 0.717) is 23.9 Å². The van der Waals surface area contributed by atoms with Gasteiger partial charge in [-0.05, 0) is 25.0 Å². The molecule has 1 aliphatic carbocycles. The first-order chi connectivity index (χ1) is 8.56. The van der Waals surface area contributed by atoms with Gasteiger partial charge in [0.1, 0.15) is 0 Å². The molecule has 0 atom stereocenters. The van der Waals surface area contributed by atoms with Crippen molar-refractivity contribution in [3.05, 3.63) is 30.0 Å². The number of aromatic amines is 1. The molecular formula is C11H11N3O3S. The fraction of sp³-hybridized carbons (Fsp3) is 0.273. The molecule has 1 aromatic heterocycles. The SMILES string of the molecule is O=C(NS(=O)(=O)C1CC1)c1ccc2cn[nH]c2c1. The number of amides is 1. The van der Waals surface area contributed by atoms with Crippen LogP contribution in [0.3, 0.4) is 0 Å². The van der Waals surface area contributed by atoms with Gasteiger partial charge in [0, 0.05) is 10.9 Å². The quantitative estimate of drug-likeness (QED) is 0.858. The van der Waals surface area contributed by atoms with E-state index in [1.807, 2.05) is 0 Å². The summed E-state index contributed by atoms with van der Waals surface area (Å²) in [6.45, 7) is 0. The highest BCUT2D eigenvalue weighted by Crippen LogP contribution is 2.27. The number of nitrogens with one attached hydrogen (secondary N) is 2. The van der Waals surface area contributed by atoms with Crippen LogP contribution in [0.2, 0.25) is 0 Å². The van der Waals surface area contributed by atoms with Crippen molar-refractivity contribution in [3.8, 4) is 0 Å². The third-order valence-electron chi connectivity index (χ3n) is 2.90. The first-order valence-corrected chi connectivity index (χ1v) is 7.10.